The van der Waals surface area contributed by atoms with Gasteiger partial charge in [0, 0.05) is 24.9 Å². The highest BCUT2D eigenvalue weighted by atomic mass is 19.1. The molecule has 2 atom stereocenters. The maximum Gasteiger partial charge on any atom is 0.410 e. The van der Waals surface area contributed by atoms with Gasteiger partial charge in [0.1, 0.15) is 6.61 Å². The quantitative estimate of drug-likeness (QED) is 0.849. The van der Waals surface area contributed by atoms with Crippen LogP contribution in [0.4, 0.5) is 13.6 Å². The van der Waals surface area contributed by atoms with Crippen LogP contribution in [0.15, 0.2) is 30.3 Å². The van der Waals surface area contributed by atoms with E-state index in [4.69, 9.17) is 4.74 Å². The average molecular weight is 283 g/mol. The van der Waals surface area contributed by atoms with Crippen molar-refractivity contribution >= 4 is 6.09 Å². The number of carbonyl (C=O) groups is 1. The second-order valence-corrected chi connectivity index (χ2v) is 5.22. The van der Waals surface area contributed by atoms with E-state index in [0.29, 0.717) is 19.5 Å². The summed E-state index contributed by atoms with van der Waals surface area (Å²) in [5.74, 6) is -0.567. The van der Waals surface area contributed by atoms with Crippen LogP contribution in [0.2, 0.25) is 0 Å². The molecule has 1 fully saturated rings. The van der Waals surface area contributed by atoms with E-state index in [1.54, 1.807) is 0 Å². The molecule has 0 bridgehead atoms. The van der Waals surface area contributed by atoms with E-state index in [1.165, 1.54) is 4.90 Å². The van der Waals surface area contributed by atoms with Crippen molar-refractivity contribution in [2.75, 3.05) is 26.4 Å². The average Bonchev–Trinajstić information content (AvgIpc) is 2.52. The highest BCUT2D eigenvalue weighted by Crippen LogP contribution is 2.23. The molecule has 0 aromatic heterocycles. The van der Waals surface area contributed by atoms with Crippen LogP contribution >= 0.6 is 0 Å². The van der Waals surface area contributed by atoms with Crippen LogP contribution in [0, 0.1) is 11.8 Å². The van der Waals surface area contributed by atoms with E-state index < -0.39 is 19.4 Å². The molecule has 0 saturated carbocycles. The zero-order chi connectivity index (χ0) is 14.4. The zero-order valence-electron chi connectivity index (χ0n) is 11.3. The summed E-state index contributed by atoms with van der Waals surface area (Å²) in [6.07, 6.45) is 0.000550. The van der Waals surface area contributed by atoms with Crippen molar-refractivity contribution in [3.63, 3.8) is 0 Å². The van der Waals surface area contributed by atoms with E-state index in [9.17, 15) is 13.6 Å². The summed E-state index contributed by atoms with van der Waals surface area (Å²) >= 11 is 0. The monoisotopic (exact) mass is 283 g/mol. The van der Waals surface area contributed by atoms with Crippen molar-refractivity contribution in [1.29, 1.82) is 0 Å². The molecule has 1 saturated heterocycles. The van der Waals surface area contributed by atoms with Gasteiger partial charge in [0.2, 0.25) is 0 Å². The number of amides is 1. The van der Waals surface area contributed by atoms with Crippen molar-refractivity contribution < 1.29 is 18.3 Å². The largest absolute Gasteiger partial charge is 0.445 e. The number of halogens is 2. The summed E-state index contributed by atoms with van der Waals surface area (Å²) in [5, 5.41) is 0. The lowest BCUT2D eigenvalue weighted by molar-refractivity contribution is 0.0551. The third-order valence-electron chi connectivity index (χ3n) is 3.52. The minimum absolute atomic E-state index is 0.177. The minimum atomic E-state index is -0.529. The van der Waals surface area contributed by atoms with E-state index >= 15 is 0 Å². The Balaban J connectivity index is 1.87. The van der Waals surface area contributed by atoms with Gasteiger partial charge in [-0.15, -0.1) is 0 Å². The van der Waals surface area contributed by atoms with Gasteiger partial charge in [-0.2, -0.15) is 0 Å². The van der Waals surface area contributed by atoms with Crippen molar-refractivity contribution in [3.8, 4) is 0 Å². The summed E-state index contributed by atoms with van der Waals surface area (Å²) in [6, 6.07) is 9.33. The highest BCUT2D eigenvalue weighted by molar-refractivity contribution is 5.67. The predicted octanol–water partition coefficient (Wildman–Crippen LogP) is 3.20. The Hall–Kier alpha value is -1.65. The second kappa shape index (κ2) is 7.22. The van der Waals surface area contributed by atoms with Gasteiger partial charge in [0.05, 0.1) is 13.3 Å². The van der Waals surface area contributed by atoms with Gasteiger partial charge in [0.25, 0.3) is 0 Å². The van der Waals surface area contributed by atoms with Gasteiger partial charge < -0.3 is 9.64 Å². The van der Waals surface area contributed by atoms with Crippen molar-refractivity contribution in [2.24, 2.45) is 11.8 Å². The molecule has 0 N–H and O–H groups in total. The van der Waals surface area contributed by atoms with Crippen LogP contribution in [0.3, 0.4) is 0 Å². The number of rotatable bonds is 4. The molecule has 3 nitrogen and oxygen atoms in total. The molecule has 1 aromatic rings. The number of carbonyl (C=O) groups excluding carboxylic acids is 1. The smallest absolute Gasteiger partial charge is 0.410 e. The number of nitrogens with zero attached hydrogens (tertiary/aromatic N) is 1. The molecule has 2 rings (SSSR count). The molecule has 0 radical (unpaired) electrons. The number of hydrogen-bond acceptors (Lipinski definition) is 2. The van der Waals surface area contributed by atoms with Crippen molar-refractivity contribution in [3.05, 3.63) is 35.9 Å². The lowest BCUT2D eigenvalue weighted by Gasteiger charge is -2.35. The van der Waals surface area contributed by atoms with E-state index in [1.807, 2.05) is 30.3 Å². The molecular formula is C15H19F2NO2. The molecule has 0 aliphatic carbocycles. The molecular weight excluding hydrogens is 264 g/mol. The van der Waals surface area contributed by atoms with Crippen LogP contribution in [0.1, 0.15) is 12.0 Å². The van der Waals surface area contributed by atoms with Gasteiger partial charge >= 0.3 is 6.09 Å². The first kappa shape index (κ1) is 14.8. The normalized spacial score (nSPS) is 22.6. The minimum Gasteiger partial charge on any atom is -0.445 e. The van der Waals surface area contributed by atoms with Crippen LogP contribution < -0.4 is 0 Å². The molecule has 0 spiro atoms. The van der Waals surface area contributed by atoms with Crippen LogP contribution in [0.5, 0.6) is 0 Å². The molecule has 110 valence electrons. The lowest BCUT2D eigenvalue weighted by atomic mass is 9.91. The highest BCUT2D eigenvalue weighted by Gasteiger charge is 2.30. The first-order valence-electron chi connectivity index (χ1n) is 6.80. The van der Waals surface area contributed by atoms with Crippen molar-refractivity contribution in [2.45, 2.75) is 13.0 Å². The van der Waals surface area contributed by atoms with Crippen molar-refractivity contribution in [1.82, 2.24) is 4.90 Å². The second-order valence-electron chi connectivity index (χ2n) is 5.22. The molecule has 20 heavy (non-hydrogen) atoms. The summed E-state index contributed by atoms with van der Waals surface area (Å²) in [7, 11) is 0. The third-order valence-corrected chi connectivity index (χ3v) is 3.52. The number of hydrogen-bond donors (Lipinski definition) is 0. The Labute approximate surface area is 117 Å². The SMILES string of the molecule is O=C(OCc1ccccc1)N1CC(CF)CC(CF)C1. The van der Waals surface area contributed by atoms with Crippen LogP contribution in [0.25, 0.3) is 0 Å². The summed E-state index contributed by atoms with van der Waals surface area (Å²) in [6.45, 7) is -0.268. The fraction of sp³-hybridized carbons (Fsp3) is 0.533. The number of likely N-dealkylation sites (tertiary alicyclic amines) is 1. The Morgan fingerprint density at radius 2 is 1.75 bits per heavy atom. The van der Waals surface area contributed by atoms with E-state index in [-0.39, 0.29) is 18.4 Å². The maximum absolute atomic E-state index is 12.8. The first-order chi connectivity index (χ1) is 9.72. The zero-order valence-corrected chi connectivity index (χ0v) is 11.3. The summed E-state index contributed by atoms with van der Waals surface area (Å²) < 4.78 is 30.7. The van der Waals surface area contributed by atoms with Gasteiger partial charge in [-0.1, -0.05) is 30.3 Å². The molecule has 5 heteroatoms. The molecule has 1 amide bonds. The predicted molar refractivity (Wildman–Crippen MR) is 71.7 cm³/mol. The van der Waals surface area contributed by atoms with Gasteiger partial charge in [0.15, 0.2) is 0 Å². The Kier molecular flexibility index (Phi) is 5.32. The maximum atomic E-state index is 12.8. The number of benzene rings is 1. The van der Waals surface area contributed by atoms with Crippen LogP contribution in [-0.4, -0.2) is 37.4 Å². The molecule has 1 aliphatic heterocycles. The summed E-state index contributed by atoms with van der Waals surface area (Å²) in [5.41, 5.74) is 0.891. The van der Waals surface area contributed by atoms with Gasteiger partial charge in [-0.25, -0.2) is 4.79 Å². The Bertz CT molecular complexity index is 415. The van der Waals surface area contributed by atoms with Gasteiger partial charge in [-0.05, 0) is 12.0 Å². The molecule has 1 heterocycles. The van der Waals surface area contributed by atoms with E-state index in [0.717, 1.165) is 5.56 Å². The fourth-order valence-electron chi connectivity index (χ4n) is 2.50. The third kappa shape index (κ3) is 3.92. The number of piperidine rings is 1. The van der Waals surface area contributed by atoms with Gasteiger partial charge in [-0.3, -0.25) is 8.78 Å². The first-order valence-corrected chi connectivity index (χ1v) is 6.80. The molecule has 1 aromatic carbocycles. The Morgan fingerprint density at radius 1 is 1.15 bits per heavy atom. The number of ether oxygens (including phenoxy) is 1. The fourth-order valence-corrected chi connectivity index (χ4v) is 2.50. The Morgan fingerprint density at radius 3 is 2.30 bits per heavy atom. The number of alkyl halides is 2. The van der Waals surface area contributed by atoms with E-state index in [2.05, 4.69) is 0 Å². The topological polar surface area (TPSA) is 29.5 Å². The summed E-state index contributed by atoms with van der Waals surface area (Å²) in [4.78, 5) is 13.4. The lowest BCUT2D eigenvalue weighted by Crippen LogP contribution is -2.45. The standard InChI is InChI=1S/C15H19F2NO2/c16-7-13-6-14(8-17)10-18(9-13)15(19)20-11-12-4-2-1-3-5-12/h1-5,13-14H,6-11H2. The molecule has 1 aliphatic rings. The van der Waals surface area contributed by atoms with Crippen LogP contribution in [-0.2, 0) is 11.3 Å². The molecule has 2 unspecified atom stereocenters.